The molecule has 0 aromatic heterocycles. The number of aliphatic hydroxyl groups is 1. The van der Waals surface area contributed by atoms with Gasteiger partial charge >= 0.3 is 42.0 Å². The van der Waals surface area contributed by atoms with Gasteiger partial charge in [0.2, 0.25) is 0 Å². The van der Waals surface area contributed by atoms with Gasteiger partial charge in [0, 0.05) is 18.8 Å². The molecule has 1 aromatic carbocycles. The fourth-order valence-corrected chi connectivity index (χ4v) is 3.15. The zero-order valence-corrected chi connectivity index (χ0v) is 18.4. The van der Waals surface area contributed by atoms with E-state index < -0.39 is 59.6 Å². The second-order valence-electron chi connectivity index (χ2n) is 7.76. The third kappa shape index (κ3) is 5.13. The Labute approximate surface area is 197 Å². The molecule has 0 aliphatic rings. The molecule has 1 atom stereocenters. The number of halogens is 16. The monoisotopic (exact) mass is 579 g/mol. The van der Waals surface area contributed by atoms with Crippen molar-refractivity contribution >= 4 is 5.69 Å². The molecule has 1 unspecified atom stereocenters. The van der Waals surface area contributed by atoms with Crippen LogP contribution in [-0.2, 0) is 5.60 Å². The third-order valence-electron chi connectivity index (χ3n) is 5.40. The molecule has 0 radical (unpaired) electrons. The van der Waals surface area contributed by atoms with Crippen LogP contribution in [0.2, 0.25) is 0 Å². The molecule has 0 fully saturated rings. The second kappa shape index (κ2) is 9.55. The molecule has 0 spiro atoms. The number of hydrogen-bond donors (Lipinski definition) is 1. The van der Waals surface area contributed by atoms with Crippen LogP contribution in [0.3, 0.4) is 0 Å². The highest BCUT2D eigenvalue weighted by Crippen LogP contribution is 2.62. The van der Waals surface area contributed by atoms with E-state index in [1.54, 1.807) is 0 Å². The van der Waals surface area contributed by atoms with E-state index in [9.17, 15) is 75.4 Å². The van der Waals surface area contributed by atoms with Crippen molar-refractivity contribution in [3.63, 3.8) is 0 Å². The summed E-state index contributed by atoms with van der Waals surface area (Å²) in [7, 11) is 0. The fraction of sp³-hybridized carbons (Fsp3) is 0.684. The highest BCUT2D eigenvalue weighted by atomic mass is 19.4. The first-order valence-electron chi connectivity index (χ1n) is 9.80. The third-order valence-corrected chi connectivity index (χ3v) is 5.40. The molecule has 1 N–H and O–H groups in total. The Morgan fingerprint density at radius 2 is 1.05 bits per heavy atom. The number of nitrogens with zero attached hydrogens (tertiary/aromatic N) is 1. The summed E-state index contributed by atoms with van der Waals surface area (Å²) in [6.07, 6.45) is -17.9. The Balaban J connectivity index is 3.73. The van der Waals surface area contributed by atoms with E-state index in [1.807, 2.05) is 0 Å². The van der Waals surface area contributed by atoms with E-state index in [1.165, 1.54) is 18.7 Å². The van der Waals surface area contributed by atoms with E-state index in [0.717, 1.165) is 6.07 Å². The van der Waals surface area contributed by atoms with Crippen molar-refractivity contribution in [1.29, 1.82) is 0 Å². The average molecular weight is 579 g/mol. The summed E-state index contributed by atoms with van der Waals surface area (Å²) < 4.78 is 214. The molecule has 0 aliphatic heterocycles. The summed E-state index contributed by atoms with van der Waals surface area (Å²) in [6.45, 7) is 3.04. The largest absolute Gasteiger partial charge is 0.460 e. The highest BCUT2D eigenvalue weighted by molar-refractivity contribution is 5.50. The minimum absolute atomic E-state index is 0.0628. The van der Waals surface area contributed by atoms with Crippen molar-refractivity contribution in [2.45, 2.75) is 67.8 Å². The molecule has 0 heterocycles. The predicted molar refractivity (Wildman–Crippen MR) is 95.4 cm³/mol. The van der Waals surface area contributed by atoms with Crippen molar-refractivity contribution < 1.29 is 75.4 Å². The molecule has 0 aliphatic carbocycles. The predicted octanol–water partition coefficient (Wildman–Crippen LogP) is 7.41. The maximum Gasteiger partial charge on any atom is 0.460 e. The fourth-order valence-electron chi connectivity index (χ4n) is 3.15. The van der Waals surface area contributed by atoms with Crippen LogP contribution in [0, 0.1) is 0 Å². The number of hydrogen-bond acceptors (Lipinski definition) is 2. The van der Waals surface area contributed by atoms with Crippen LogP contribution in [0.1, 0.15) is 25.8 Å². The standard InChI is InChI=1S/C19H17F16NO/c1-3-36(4-2)11-7-5-6-10(8-11)12(37,18(30,31)32)9-13(20,21)14(22,23)15(24,25)16(26,27)17(28,29)19(33,34)35/h5-8,37H,3-4,9H2,1-2H3. The Morgan fingerprint density at radius 1 is 0.622 bits per heavy atom. The molecule has 0 saturated heterocycles. The van der Waals surface area contributed by atoms with Crippen molar-refractivity contribution in [2.24, 2.45) is 0 Å². The second-order valence-corrected chi connectivity index (χ2v) is 7.76. The molecule has 37 heavy (non-hydrogen) atoms. The Bertz CT molecular complexity index is 935. The maximum atomic E-state index is 14.3. The van der Waals surface area contributed by atoms with Crippen molar-refractivity contribution in [1.82, 2.24) is 0 Å². The first kappa shape index (κ1) is 32.9. The summed E-state index contributed by atoms with van der Waals surface area (Å²) in [4.78, 5) is 1.25. The van der Waals surface area contributed by atoms with Crippen molar-refractivity contribution in [3.05, 3.63) is 29.8 Å². The molecule has 0 bridgehead atoms. The van der Waals surface area contributed by atoms with Gasteiger partial charge in [-0.2, -0.15) is 70.2 Å². The van der Waals surface area contributed by atoms with Gasteiger partial charge in [0.25, 0.3) is 0 Å². The van der Waals surface area contributed by atoms with E-state index in [0.29, 0.717) is 12.1 Å². The highest BCUT2D eigenvalue weighted by Gasteiger charge is 2.91. The first-order valence-corrected chi connectivity index (χ1v) is 9.80. The van der Waals surface area contributed by atoms with E-state index in [-0.39, 0.29) is 24.8 Å². The minimum atomic E-state index is -8.28. The SMILES string of the molecule is CCN(CC)c1cccc(C(O)(CC(F)(F)C(F)(F)C(F)(F)C(F)(F)C(F)(F)C(F)(F)F)C(F)(F)F)c1. The van der Waals surface area contributed by atoms with Gasteiger partial charge in [0.1, 0.15) is 0 Å². The first-order chi connectivity index (χ1) is 16.2. The van der Waals surface area contributed by atoms with Crippen molar-refractivity contribution in [2.75, 3.05) is 18.0 Å². The molecule has 2 nitrogen and oxygen atoms in total. The van der Waals surface area contributed by atoms with Crippen LogP contribution < -0.4 is 4.90 Å². The molecule has 0 amide bonds. The maximum absolute atomic E-state index is 14.3. The molecular formula is C19H17F16NO. The summed E-state index contributed by atoms with van der Waals surface area (Å²) in [5.74, 6) is -39.7. The smallest absolute Gasteiger partial charge is 0.376 e. The van der Waals surface area contributed by atoms with Crippen LogP contribution >= 0.6 is 0 Å². The zero-order valence-electron chi connectivity index (χ0n) is 18.4. The number of alkyl halides is 16. The summed E-state index contributed by atoms with van der Waals surface area (Å²) >= 11 is 0. The summed E-state index contributed by atoms with van der Waals surface area (Å²) in [6, 6.07) is 2.33. The van der Waals surface area contributed by atoms with E-state index >= 15 is 0 Å². The van der Waals surface area contributed by atoms with Crippen LogP contribution in [-0.4, -0.2) is 60.2 Å². The van der Waals surface area contributed by atoms with Gasteiger partial charge in [-0.3, -0.25) is 0 Å². The van der Waals surface area contributed by atoms with Gasteiger partial charge in [0.05, 0.1) is 6.42 Å². The summed E-state index contributed by atoms with van der Waals surface area (Å²) in [5.41, 5.74) is -7.10. The van der Waals surface area contributed by atoms with Gasteiger partial charge in [-0.1, -0.05) is 12.1 Å². The molecular weight excluding hydrogens is 562 g/mol. The number of anilines is 1. The number of benzene rings is 1. The quantitative estimate of drug-likeness (QED) is 0.292. The lowest BCUT2D eigenvalue weighted by molar-refractivity contribution is -0.443. The molecule has 1 aromatic rings. The average Bonchev–Trinajstić information content (AvgIpc) is 2.72. The zero-order chi connectivity index (χ0) is 29.7. The topological polar surface area (TPSA) is 23.5 Å². The lowest BCUT2D eigenvalue weighted by Gasteiger charge is -2.42. The molecule has 216 valence electrons. The van der Waals surface area contributed by atoms with Crippen LogP contribution in [0.25, 0.3) is 0 Å². The molecule has 1 rings (SSSR count). The number of rotatable bonds is 10. The normalized spacial score (nSPS) is 16.5. The Hall–Kier alpha value is -2.14. The van der Waals surface area contributed by atoms with Gasteiger partial charge in [-0.15, -0.1) is 0 Å². The Kier molecular flexibility index (Phi) is 8.49. The van der Waals surface area contributed by atoms with Crippen LogP contribution in [0.4, 0.5) is 75.9 Å². The van der Waals surface area contributed by atoms with Gasteiger partial charge in [0.15, 0.2) is 5.60 Å². The van der Waals surface area contributed by atoms with E-state index in [4.69, 9.17) is 0 Å². The van der Waals surface area contributed by atoms with E-state index in [2.05, 4.69) is 0 Å². The minimum Gasteiger partial charge on any atom is -0.376 e. The molecule has 0 saturated carbocycles. The lowest BCUT2D eigenvalue weighted by Crippen LogP contribution is -2.70. The molecule has 18 heteroatoms. The van der Waals surface area contributed by atoms with Crippen molar-refractivity contribution in [3.8, 4) is 0 Å². The van der Waals surface area contributed by atoms with Crippen LogP contribution in [0.15, 0.2) is 24.3 Å². The lowest BCUT2D eigenvalue weighted by atomic mass is 9.82. The summed E-state index contributed by atoms with van der Waals surface area (Å²) in [5, 5.41) is 10.0. The van der Waals surface area contributed by atoms with Gasteiger partial charge in [-0.05, 0) is 31.5 Å². The van der Waals surface area contributed by atoms with Gasteiger partial charge < -0.3 is 10.0 Å². The Morgan fingerprint density at radius 3 is 1.43 bits per heavy atom. The van der Waals surface area contributed by atoms with Gasteiger partial charge in [-0.25, -0.2) is 0 Å². The van der Waals surface area contributed by atoms with Crippen LogP contribution in [0.5, 0.6) is 0 Å².